The number of carbonyl (C=O) groups is 1. The van der Waals surface area contributed by atoms with Crippen molar-refractivity contribution < 1.29 is 9.53 Å². The first-order valence-electron chi connectivity index (χ1n) is 8.32. The molecule has 2 aromatic heterocycles. The lowest BCUT2D eigenvalue weighted by Crippen LogP contribution is -2.11. The lowest BCUT2D eigenvalue weighted by molar-refractivity contribution is 0.102. The van der Waals surface area contributed by atoms with Gasteiger partial charge in [-0.2, -0.15) is 0 Å². The van der Waals surface area contributed by atoms with Crippen LogP contribution in [0.3, 0.4) is 0 Å². The van der Waals surface area contributed by atoms with E-state index in [1.807, 2.05) is 12.1 Å². The Kier molecular flexibility index (Phi) is 5.29. The molecule has 2 aromatic carbocycles. The number of aromatic nitrogens is 4. The minimum absolute atomic E-state index is 0.161. The lowest BCUT2D eigenvalue weighted by atomic mass is 10.2. The van der Waals surface area contributed by atoms with Crippen molar-refractivity contribution in [3.8, 4) is 17.4 Å². The third-order valence-electron chi connectivity index (χ3n) is 3.84. The van der Waals surface area contributed by atoms with E-state index in [-0.39, 0.29) is 5.91 Å². The van der Waals surface area contributed by atoms with Gasteiger partial charge < -0.3 is 10.1 Å². The van der Waals surface area contributed by atoms with Crippen molar-refractivity contribution in [1.29, 1.82) is 0 Å². The van der Waals surface area contributed by atoms with Crippen molar-refractivity contribution in [2.24, 2.45) is 0 Å². The van der Waals surface area contributed by atoms with Crippen molar-refractivity contribution in [3.05, 3.63) is 88.8 Å². The van der Waals surface area contributed by atoms with Crippen LogP contribution in [-0.2, 0) is 0 Å². The number of nitrogens with one attached hydrogen (secondary N) is 1. The van der Waals surface area contributed by atoms with Gasteiger partial charge in [-0.15, -0.1) is 0 Å². The van der Waals surface area contributed by atoms with Crippen molar-refractivity contribution in [2.75, 3.05) is 5.32 Å². The van der Waals surface area contributed by atoms with E-state index < -0.39 is 0 Å². The van der Waals surface area contributed by atoms with E-state index in [4.69, 9.17) is 4.74 Å². The molecule has 28 heavy (non-hydrogen) atoms. The first-order valence-corrected chi connectivity index (χ1v) is 9.40. The average molecular weight is 483 g/mol. The molecule has 0 fully saturated rings. The number of anilines is 1. The number of rotatable bonds is 5. The number of amides is 1. The summed E-state index contributed by atoms with van der Waals surface area (Å²) in [7, 11) is 0. The molecule has 0 unspecified atom stereocenters. The molecular weight excluding hydrogens is 469 g/mol. The predicted octanol–water partition coefficient (Wildman–Crippen LogP) is 4.31. The van der Waals surface area contributed by atoms with Gasteiger partial charge in [-0.3, -0.25) is 9.36 Å². The zero-order valence-electron chi connectivity index (χ0n) is 14.5. The molecule has 0 bridgehead atoms. The highest BCUT2D eigenvalue weighted by molar-refractivity contribution is 14.1. The Morgan fingerprint density at radius 2 is 1.82 bits per heavy atom. The predicted molar refractivity (Wildman–Crippen MR) is 113 cm³/mol. The molecule has 0 saturated heterocycles. The SMILES string of the molecule is O=C(Nc1ccc(Oc2cc(-n3ccnc3)ncn2)cc1)c1ccc(I)cc1. The van der Waals surface area contributed by atoms with Gasteiger partial charge in [0.25, 0.3) is 5.91 Å². The molecule has 0 radical (unpaired) electrons. The van der Waals surface area contributed by atoms with Crippen LogP contribution in [0.1, 0.15) is 10.4 Å². The van der Waals surface area contributed by atoms with E-state index in [9.17, 15) is 4.79 Å². The second-order valence-corrected chi connectivity index (χ2v) is 7.02. The minimum Gasteiger partial charge on any atom is -0.439 e. The van der Waals surface area contributed by atoms with Gasteiger partial charge in [0.2, 0.25) is 5.88 Å². The first kappa shape index (κ1) is 18.1. The summed E-state index contributed by atoms with van der Waals surface area (Å²) in [6.45, 7) is 0. The number of halogens is 1. The van der Waals surface area contributed by atoms with Gasteiger partial charge in [0.05, 0.1) is 0 Å². The molecule has 0 aliphatic heterocycles. The normalized spacial score (nSPS) is 10.5. The van der Waals surface area contributed by atoms with Crippen LogP contribution in [0.5, 0.6) is 11.6 Å². The zero-order chi connectivity index (χ0) is 19.3. The van der Waals surface area contributed by atoms with Gasteiger partial charge in [-0.05, 0) is 71.1 Å². The molecule has 1 amide bonds. The summed E-state index contributed by atoms with van der Waals surface area (Å²) in [5.74, 6) is 1.51. The van der Waals surface area contributed by atoms with E-state index in [0.717, 1.165) is 3.57 Å². The van der Waals surface area contributed by atoms with Gasteiger partial charge in [0, 0.05) is 33.3 Å². The topological polar surface area (TPSA) is 81.9 Å². The summed E-state index contributed by atoms with van der Waals surface area (Å²) in [4.78, 5) is 24.6. The number of hydrogen-bond acceptors (Lipinski definition) is 5. The summed E-state index contributed by atoms with van der Waals surface area (Å²) in [5, 5.41) is 2.86. The van der Waals surface area contributed by atoms with Crippen LogP contribution in [0.2, 0.25) is 0 Å². The summed E-state index contributed by atoms with van der Waals surface area (Å²) >= 11 is 2.20. The molecule has 0 aliphatic carbocycles. The van der Waals surface area contributed by atoms with Crippen LogP contribution < -0.4 is 10.1 Å². The Morgan fingerprint density at radius 3 is 2.54 bits per heavy atom. The van der Waals surface area contributed by atoms with Crippen LogP contribution in [0.15, 0.2) is 79.6 Å². The number of hydrogen-bond donors (Lipinski definition) is 1. The Labute approximate surface area is 174 Å². The average Bonchev–Trinajstić information content (AvgIpc) is 3.25. The first-order chi connectivity index (χ1) is 13.7. The van der Waals surface area contributed by atoms with E-state index in [2.05, 4.69) is 42.9 Å². The Balaban J connectivity index is 1.43. The molecule has 4 rings (SSSR count). The molecule has 0 aliphatic rings. The monoisotopic (exact) mass is 483 g/mol. The molecule has 0 spiro atoms. The Bertz CT molecular complexity index is 1080. The maximum Gasteiger partial charge on any atom is 0.255 e. The van der Waals surface area contributed by atoms with Crippen molar-refractivity contribution in [3.63, 3.8) is 0 Å². The number of nitrogens with zero attached hydrogens (tertiary/aromatic N) is 4. The van der Waals surface area contributed by atoms with Crippen LogP contribution in [0, 0.1) is 3.57 Å². The third kappa shape index (κ3) is 4.34. The van der Waals surface area contributed by atoms with Gasteiger partial charge in [-0.25, -0.2) is 15.0 Å². The minimum atomic E-state index is -0.161. The van der Waals surface area contributed by atoms with Crippen molar-refractivity contribution in [1.82, 2.24) is 19.5 Å². The fraction of sp³-hybridized carbons (Fsp3) is 0. The van der Waals surface area contributed by atoms with Gasteiger partial charge in [0.15, 0.2) is 0 Å². The van der Waals surface area contributed by atoms with E-state index >= 15 is 0 Å². The standard InChI is InChI=1S/C20H14IN5O2/c21-15-3-1-14(2-4-15)20(27)25-16-5-7-17(8-6-16)28-19-11-18(23-12-24-19)26-10-9-22-13-26/h1-13H,(H,25,27). The summed E-state index contributed by atoms with van der Waals surface area (Å²) in [6, 6.07) is 16.2. The zero-order valence-corrected chi connectivity index (χ0v) is 16.6. The highest BCUT2D eigenvalue weighted by Gasteiger charge is 2.07. The molecule has 138 valence electrons. The Morgan fingerprint density at radius 1 is 1.04 bits per heavy atom. The number of carbonyl (C=O) groups excluding carboxylic acids is 1. The number of ether oxygens (including phenoxy) is 1. The molecule has 0 atom stereocenters. The fourth-order valence-corrected chi connectivity index (χ4v) is 2.81. The summed E-state index contributed by atoms with van der Waals surface area (Å²) in [5.41, 5.74) is 1.28. The van der Waals surface area contributed by atoms with Crippen LogP contribution in [0.25, 0.3) is 5.82 Å². The lowest BCUT2D eigenvalue weighted by Gasteiger charge is -2.08. The molecule has 8 heteroatoms. The number of imidazole rings is 1. The van der Waals surface area contributed by atoms with Gasteiger partial charge >= 0.3 is 0 Å². The van der Waals surface area contributed by atoms with Crippen molar-refractivity contribution in [2.45, 2.75) is 0 Å². The molecule has 7 nitrogen and oxygen atoms in total. The molecule has 1 N–H and O–H groups in total. The van der Waals surface area contributed by atoms with Crippen LogP contribution in [0.4, 0.5) is 5.69 Å². The molecule has 0 saturated carbocycles. The highest BCUT2D eigenvalue weighted by Crippen LogP contribution is 2.22. The Hall–Kier alpha value is -3.27. The van der Waals surface area contributed by atoms with Gasteiger partial charge in [-0.1, -0.05) is 0 Å². The summed E-state index contributed by atoms with van der Waals surface area (Å²) in [6.07, 6.45) is 6.54. The largest absolute Gasteiger partial charge is 0.439 e. The number of benzene rings is 2. The van der Waals surface area contributed by atoms with Crippen LogP contribution >= 0.6 is 22.6 Å². The van der Waals surface area contributed by atoms with E-state index in [0.29, 0.717) is 28.7 Å². The second kappa shape index (κ2) is 8.17. The quantitative estimate of drug-likeness (QED) is 0.428. The maximum atomic E-state index is 12.3. The molecule has 4 aromatic rings. The van der Waals surface area contributed by atoms with Gasteiger partial charge in [0.1, 0.15) is 24.2 Å². The molecular formula is C20H14IN5O2. The maximum absolute atomic E-state index is 12.3. The van der Waals surface area contributed by atoms with Crippen LogP contribution in [-0.4, -0.2) is 25.4 Å². The fourth-order valence-electron chi connectivity index (χ4n) is 2.45. The third-order valence-corrected chi connectivity index (χ3v) is 4.56. The molecule has 2 heterocycles. The van der Waals surface area contributed by atoms with E-state index in [1.165, 1.54) is 6.33 Å². The van der Waals surface area contributed by atoms with E-state index in [1.54, 1.807) is 65.8 Å². The highest BCUT2D eigenvalue weighted by atomic mass is 127. The smallest absolute Gasteiger partial charge is 0.255 e. The summed E-state index contributed by atoms with van der Waals surface area (Å²) < 4.78 is 8.62. The van der Waals surface area contributed by atoms with Crippen molar-refractivity contribution >= 4 is 34.2 Å². The second-order valence-electron chi connectivity index (χ2n) is 5.77.